The normalized spacial score (nSPS) is 16.9. The van der Waals surface area contributed by atoms with Crippen LogP contribution in [0, 0.1) is 5.92 Å². The Hall–Kier alpha value is -2.08. The molecule has 1 aliphatic rings. The predicted molar refractivity (Wildman–Crippen MR) is 120 cm³/mol. The second-order valence-corrected chi connectivity index (χ2v) is 7.74. The molecule has 1 unspecified atom stereocenters. The predicted octanol–water partition coefficient (Wildman–Crippen LogP) is 3.65. The minimum Gasteiger partial charge on any atom is -0.496 e. The van der Waals surface area contributed by atoms with Crippen molar-refractivity contribution in [2.24, 2.45) is 5.92 Å². The molecule has 6 heteroatoms. The minimum atomic E-state index is -0.00265. The summed E-state index contributed by atoms with van der Waals surface area (Å²) in [6, 6.07) is 16.4. The fourth-order valence-corrected chi connectivity index (χ4v) is 3.63. The van der Waals surface area contributed by atoms with Gasteiger partial charge in [0.15, 0.2) is 0 Å². The van der Waals surface area contributed by atoms with E-state index in [1.54, 1.807) is 7.11 Å². The van der Waals surface area contributed by atoms with E-state index in [0.717, 1.165) is 43.1 Å². The van der Waals surface area contributed by atoms with E-state index in [0.29, 0.717) is 12.5 Å². The molecule has 5 nitrogen and oxygen atoms in total. The van der Waals surface area contributed by atoms with Crippen molar-refractivity contribution in [1.29, 1.82) is 0 Å². The van der Waals surface area contributed by atoms with E-state index in [1.807, 2.05) is 30.3 Å². The maximum absolute atomic E-state index is 12.4. The van der Waals surface area contributed by atoms with Crippen molar-refractivity contribution in [3.63, 3.8) is 0 Å². The number of hydrogen-bond acceptors (Lipinski definition) is 4. The molecule has 1 fully saturated rings. The number of ether oxygens (including phenoxy) is 1. The Morgan fingerprint density at radius 3 is 2.79 bits per heavy atom. The highest BCUT2D eigenvalue weighted by Crippen LogP contribution is 2.31. The van der Waals surface area contributed by atoms with Gasteiger partial charge in [-0.15, -0.1) is 12.4 Å². The van der Waals surface area contributed by atoms with Crippen molar-refractivity contribution < 1.29 is 9.53 Å². The summed E-state index contributed by atoms with van der Waals surface area (Å²) < 4.78 is 5.59. The average Bonchev–Trinajstić information content (AvgIpc) is 2.72. The Balaban J connectivity index is 0.00000300. The zero-order valence-electron chi connectivity index (χ0n) is 17.5. The summed E-state index contributed by atoms with van der Waals surface area (Å²) in [6.45, 7) is 8.48. The van der Waals surface area contributed by atoms with Crippen LogP contribution in [-0.2, 0) is 6.54 Å². The molecule has 3 rings (SSSR count). The summed E-state index contributed by atoms with van der Waals surface area (Å²) in [6.07, 6.45) is 0. The standard InChI is InChI=1S/C23H31N3O2.ClH/c1-17(2)14-25-23(27)19-8-6-7-18(13-19)16-26-12-11-24-15-21(26)20-9-4-5-10-22(20)28-3;/h4-10,13,17,21,24H,11-12,14-16H2,1-3H3,(H,25,27);1H. The number of carbonyl (C=O) groups excluding carboxylic acids is 1. The van der Waals surface area contributed by atoms with Crippen LogP contribution in [-0.4, -0.2) is 44.1 Å². The molecule has 0 aromatic heterocycles. The second kappa shape index (κ2) is 11.2. The van der Waals surface area contributed by atoms with Crippen LogP contribution < -0.4 is 15.4 Å². The molecule has 1 amide bonds. The molecule has 2 aromatic carbocycles. The Labute approximate surface area is 180 Å². The van der Waals surface area contributed by atoms with Gasteiger partial charge in [0, 0.05) is 43.9 Å². The molecule has 158 valence electrons. The van der Waals surface area contributed by atoms with Crippen LogP contribution in [0.2, 0.25) is 0 Å². The third-order valence-corrected chi connectivity index (χ3v) is 5.10. The molecule has 0 aliphatic carbocycles. The Kier molecular flexibility index (Phi) is 8.96. The topological polar surface area (TPSA) is 53.6 Å². The zero-order valence-corrected chi connectivity index (χ0v) is 18.3. The number of rotatable bonds is 7. The van der Waals surface area contributed by atoms with E-state index in [-0.39, 0.29) is 24.4 Å². The summed E-state index contributed by atoms with van der Waals surface area (Å²) in [5, 5.41) is 6.50. The van der Waals surface area contributed by atoms with Crippen molar-refractivity contribution in [3.8, 4) is 5.75 Å². The molecule has 0 bridgehead atoms. The summed E-state index contributed by atoms with van der Waals surface area (Å²) in [4.78, 5) is 14.9. The van der Waals surface area contributed by atoms with Gasteiger partial charge in [0.05, 0.1) is 13.2 Å². The summed E-state index contributed by atoms with van der Waals surface area (Å²) in [5.74, 6) is 1.36. The summed E-state index contributed by atoms with van der Waals surface area (Å²) in [5.41, 5.74) is 3.07. The Bertz CT molecular complexity index is 797. The van der Waals surface area contributed by atoms with Gasteiger partial charge < -0.3 is 15.4 Å². The second-order valence-electron chi connectivity index (χ2n) is 7.74. The zero-order chi connectivity index (χ0) is 19.9. The van der Waals surface area contributed by atoms with Gasteiger partial charge in [-0.1, -0.05) is 44.2 Å². The SMILES string of the molecule is COc1ccccc1C1CNCCN1Cc1cccc(C(=O)NCC(C)C)c1.Cl. The number of benzene rings is 2. The minimum absolute atomic E-state index is 0. The molecule has 2 N–H and O–H groups in total. The first kappa shape index (κ1) is 23.2. The van der Waals surface area contributed by atoms with Crippen LogP contribution in [0.25, 0.3) is 0 Å². The van der Waals surface area contributed by atoms with Crippen LogP contribution in [0.15, 0.2) is 48.5 Å². The van der Waals surface area contributed by atoms with Crippen molar-refractivity contribution in [2.45, 2.75) is 26.4 Å². The fraction of sp³-hybridized carbons (Fsp3) is 0.435. The average molecular weight is 418 g/mol. The quantitative estimate of drug-likeness (QED) is 0.722. The first-order valence-electron chi connectivity index (χ1n) is 10.0. The third kappa shape index (κ3) is 6.20. The van der Waals surface area contributed by atoms with Crippen LogP contribution in [0.4, 0.5) is 0 Å². The van der Waals surface area contributed by atoms with E-state index in [2.05, 4.69) is 47.6 Å². The number of piperazine rings is 1. The molecular weight excluding hydrogens is 386 g/mol. The van der Waals surface area contributed by atoms with Gasteiger partial charge in [-0.05, 0) is 29.7 Å². The molecule has 0 radical (unpaired) electrons. The van der Waals surface area contributed by atoms with Gasteiger partial charge in [-0.25, -0.2) is 0 Å². The van der Waals surface area contributed by atoms with Gasteiger partial charge in [-0.2, -0.15) is 0 Å². The third-order valence-electron chi connectivity index (χ3n) is 5.10. The van der Waals surface area contributed by atoms with Gasteiger partial charge in [0.1, 0.15) is 5.75 Å². The highest BCUT2D eigenvalue weighted by molar-refractivity contribution is 5.94. The molecule has 1 atom stereocenters. The van der Waals surface area contributed by atoms with E-state index < -0.39 is 0 Å². The fourth-order valence-electron chi connectivity index (χ4n) is 3.63. The highest BCUT2D eigenvalue weighted by Gasteiger charge is 2.26. The Morgan fingerprint density at radius 1 is 1.24 bits per heavy atom. The number of para-hydroxylation sites is 1. The molecule has 0 spiro atoms. The van der Waals surface area contributed by atoms with Gasteiger partial charge in [0.2, 0.25) is 0 Å². The molecule has 1 heterocycles. The molecule has 1 aliphatic heterocycles. The van der Waals surface area contributed by atoms with Crippen LogP contribution >= 0.6 is 12.4 Å². The highest BCUT2D eigenvalue weighted by atomic mass is 35.5. The Morgan fingerprint density at radius 2 is 2.03 bits per heavy atom. The maximum Gasteiger partial charge on any atom is 0.251 e. The number of amides is 1. The largest absolute Gasteiger partial charge is 0.496 e. The lowest BCUT2D eigenvalue weighted by Gasteiger charge is -2.37. The number of hydrogen-bond donors (Lipinski definition) is 2. The number of nitrogens with zero attached hydrogens (tertiary/aromatic N) is 1. The first-order valence-corrected chi connectivity index (χ1v) is 10.0. The van der Waals surface area contributed by atoms with Crippen LogP contribution in [0.5, 0.6) is 5.75 Å². The van der Waals surface area contributed by atoms with E-state index in [4.69, 9.17) is 4.74 Å². The lowest BCUT2D eigenvalue weighted by molar-refractivity contribution is 0.0948. The van der Waals surface area contributed by atoms with E-state index in [1.165, 1.54) is 5.56 Å². The lowest BCUT2D eigenvalue weighted by Crippen LogP contribution is -2.45. The van der Waals surface area contributed by atoms with Crippen molar-refractivity contribution in [3.05, 3.63) is 65.2 Å². The van der Waals surface area contributed by atoms with Gasteiger partial charge in [0.25, 0.3) is 5.91 Å². The molecule has 0 saturated carbocycles. The van der Waals surface area contributed by atoms with Crippen LogP contribution in [0.3, 0.4) is 0 Å². The van der Waals surface area contributed by atoms with Crippen molar-refractivity contribution in [2.75, 3.05) is 33.3 Å². The number of methoxy groups -OCH3 is 1. The number of halogens is 1. The smallest absolute Gasteiger partial charge is 0.251 e. The summed E-state index contributed by atoms with van der Waals surface area (Å²) >= 11 is 0. The molecular formula is C23H32ClN3O2. The maximum atomic E-state index is 12.4. The summed E-state index contributed by atoms with van der Waals surface area (Å²) in [7, 11) is 1.72. The van der Waals surface area contributed by atoms with Crippen LogP contribution in [0.1, 0.15) is 41.4 Å². The number of carbonyl (C=O) groups is 1. The van der Waals surface area contributed by atoms with Crippen molar-refractivity contribution >= 4 is 18.3 Å². The lowest BCUT2D eigenvalue weighted by atomic mass is 10.0. The first-order chi connectivity index (χ1) is 13.6. The van der Waals surface area contributed by atoms with Crippen molar-refractivity contribution in [1.82, 2.24) is 15.5 Å². The van der Waals surface area contributed by atoms with Gasteiger partial charge in [-0.3, -0.25) is 9.69 Å². The molecule has 2 aromatic rings. The molecule has 1 saturated heterocycles. The molecule has 29 heavy (non-hydrogen) atoms. The van der Waals surface area contributed by atoms with Gasteiger partial charge >= 0.3 is 0 Å². The van der Waals surface area contributed by atoms with E-state index >= 15 is 0 Å². The number of nitrogens with one attached hydrogen (secondary N) is 2. The van der Waals surface area contributed by atoms with E-state index in [9.17, 15) is 4.79 Å². The monoisotopic (exact) mass is 417 g/mol.